The van der Waals surface area contributed by atoms with E-state index >= 15 is 0 Å². The minimum Gasteiger partial charge on any atom is -0.497 e. The topological polar surface area (TPSA) is 88.7 Å². The van der Waals surface area contributed by atoms with Crippen LogP contribution in [0, 0.1) is 5.92 Å². The second-order valence-electron chi connectivity index (χ2n) is 7.06. The van der Waals surface area contributed by atoms with Crippen LogP contribution in [0.15, 0.2) is 48.5 Å². The van der Waals surface area contributed by atoms with Crippen molar-refractivity contribution in [3.05, 3.63) is 59.7 Å². The molecule has 29 heavy (non-hydrogen) atoms. The molecule has 0 bridgehead atoms. The molecule has 0 spiro atoms. The highest BCUT2D eigenvalue weighted by atomic mass is 16.5. The number of nitrogens with one attached hydrogen (secondary N) is 3. The third-order valence-electron chi connectivity index (χ3n) is 4.80. The number of amides is 3. The standard InChI is InChI=1S/C22H27N3O4/c1-28-20-8-4-17(5-9-20)13-24-22(27)25-19-6-2-16(3-7-19)12-21(26)23-14-18-10-11-29-15-18/h2-9,18H,10-15H2,1H3,(H,23,26)(H2,24,25,27)/t18-/m1/s1. The molecule has 154 valence electrons. The normalized spacial score (nSPS) is 15.6. The number of rotatable bonds is 8. The van der Waals surface area contributed by atoms with Crippen molar-refractivity contribution in [2.75, 3.05) is 32.2 Å². The van der Waals surface area contributed by atoms with E-state index in [4.69, 9.17) is 9.47 Å². The minimum atomic E-state index is -0.287. The molecule has 3 rings (SSSR count). The first-order valence-corrected chi connectivity index (χ1v) is 9.73. The number of hydrogen-bond donors (Lipinski definition) is 3. The zero-order chi connectivity index (χ0) is 20.5. The Morgan fingerprint density at radius 2 is 1.76 bits per heavy atom. The highest BCUT2D eigenvalue weighted by Gasteiger charge is 2.16. The first kappa shape index (κ1) is 20.7. The van der Waals surface area contributed by atoms with E-state index in [9.17, 15) is 9.59 Å². The van der Waals surface area contributed by atoms with Crippen LogP contribution < -0.4 is 20.7 Å². The lowest BCUT2D eigenvalue weighted by molar-refractivity contribution is -0.120. The van der Waals surface area contributed by atoms with E-state index in [1.165, 1.54) is 0 Å². The van der Waals surface area contributed by atoms with Gasteiger partial charge in [-0.1, -0.05) is 24.3 Å². The van der Waals surface area contributed by atoms with E-state index in [0.29, 0.717) is 31.1 Å². The molecule has 0 radical (unpaired) electrons. The SMILES string of the molecule is COc1ccc(CNC(=O)Nc2ccc(CC(=O)NC[C@H]3CCOC3)cc2)cc1. The van der Waals surface area contributed by atoms with Gasteiger partial charge in [-0.05, 0) is 41.8 Å². The Hall–Kier alpha value is -3.06. The zero-order valence-corrected chi connectivity index (χ0v) is 16.6. The Balaban J connectivity index is 1.39. The van der Waals surface area contributed by atoms with Gasteiger partial charge < -0.3 is 25.4 Å². The second kappa shape index (κ2) is 10.5. The molecule has 0 aliphatic carbocycles. The first-order chi connectivity index (χ1) is 14.1. The molecule has 1 aliphatic heterocycles. The molecule has 7 nitrogen and oxygen atoms in total. The molecule has 2 aromatic rings. The van der Waals surface area contributed by atoms with Gasteiger partial charge in [-0.15, -0.1) is 0 Å². The molecular formula is C22H27N3O4. The predicted molar refractivity (Wildman–Crippen MR) is 111 cm³/mol. The second-order valence-corrected chi connectivity index (χ2v) is 7.06. The Morgan fingerprint density at radius 3 is 2.41 bits per heavy atom. The molecule has 0 aromatic heterocycles. The van der Waals surface area contributed by atoms with E-state index in [1.807, 2.05) is 36.4 Å². The molecule has 1 fully saturated rings. The first-order valence-electron chi connectivity index (χ1n) is 9.73. The van der Waals surface area contributed by atoms with Gasteiger partial charge in [0.15, 0.2) is 0 Å². The smallest absolute Gasteiger partial charge is 0.319 e. The average Bonchev–Trinajstić information content (AvgIpc) is 3.26. The van der Waals surface area contributed by atoms with Crippen molar-refractivity contribution in [1.82, 2.24) is 10.6 Å². The van der Waals surface area contributed by atoms with E-state index in [1.54, 1.807) is 19.2 Å². The summed E-state index contributed by atoms with van der Waals surface area (Å²) in [7, 11) is 1.62. The maximum absolute atomic E-state index is 12.1. The lowest BCUT2D eigenvalue weighted by atomic mass is 10.1. The molecule has 1 atom stereocenters. The fraction of sp³-hybridized carbons (Fsp3) is 0.364. The number of hydrogen-bond acceptors (Lipinski definition) is 4. The summed E-state index contributed by atoms with van der Waals surface area (Å²) in [6.07, 6.45) is 1.32. The summed E-state index contributed by atoms with van der Waals surface area (Å²) in [4.78, 5) is 24.1. The molecular weight excluding hydrogens is 370 g/mol. The van der Waals surface area contributed by atoms with Crippen molar-refractivity contribution in [2.24, 2.45) is 5.92 Å². The Kier molecular flexibility index (Phi) is 7.47. The minimum absolute atomic E-state index is 0.00477. The lowest BCUT2D eigenvalue weighted by Gasteiger charge is -2.10. The number of carbonyl (C=O) groups is 2. The highest BCUT2D eigenvalue weighted by molar-refractivity contribution is 5.89. The maximum Gasteiger partial charge on any atom is 0.319 e. The molecule has 3 N–H and O–H groups in total. The van der Waals surface area contributed by atoms with Gasteiger partial charge in [0, 0.05) is 31.3 Å². The number of methoxy groups -OCH3 is 1. The molecule has 0 saturated carbocycles. The van der Waals surface area contributed by atoms with Crippen molar-refractivity contribution in [1.29, 1.82) is 0 Å². The Labute approximate surface area is 170 Å². The van der Waals surface area contributed by atoms with Crippen LogP contribution in [0.4, 0.5) is 10.5 Å². The summed E-state index contributed by atoms with van der Waals surface area (Å²) in [5.74, 6) is 1.19. The molecule has 1 heterocycles. The van der Waals surface area contributed by atoms with Crippen LogP contribution in [0.5, 0.6) is 5.75 Å². The number of ether oxygens (including phenoxy) is 2. The summed E-state index contributed by atoms with van der Waals surface area (Å²) in [6.45, 7) is 2.58. The Morgan fingerprint density at radius 1 is 1.03 bits per heavy atom. The average molecular weight is 397 g/mol. The van der Waals surface area contributed by atoms with Crippen LogP contribution in [0.25, 0.3) is 0 Å². The maximum atomic E-state index is 12.1. The van der Waals surface area contributed by atoms with Gasteiger partial charge in [0.2, 0.25) is 5.91 Å². The van der Waals surface area contributed by atoms with Gasteiger partial charge in [0.05, 0.1) is 20.1 Å². The predicted octanol–water partition coefficient (Wildman–Crippen LogP) is 2.71. The van der Waals surface area contributed by atoms with Crippen LogP contribution in [0.2, 0.25) is 0 Å². The molecule has 2 aromatic carbocycles. The van der Waals surface area contributed by atoms with Gasteiger partial charge in [-0.25, -0.2) is 4.79 Å². The highest BCUT2D eigenvalue weighted by Crippen LogP contribution is 2.13. The van der Waals surface area contributed by atoms with Crippen LogP contribution in [0.3, 0.4) is 0 Å². The van der Waals surface area contributed by atoms with Gasteiger partial charge in [0.25, 0.3) is 0 Å². The zero-order valence-electron chi connectivity index (χ0n) is 16.6. The van der Waals surface area contributed by atoms with Crippen LogP contribution in [-0.2, 0) is 22.5 Å². The number of carbonyl (C=O) groups excluding carboxylic acids is 2. The van der Waals surface area contributed by atoms with Crippen LogP contribution in [0.1, 0.15) is 17.5 Å². The van der Waals surface area contributed by atoms with Crippen LogP contribution >= 0.6 is 0 Å². The third-order valence-corrected chi connectivity index (χ3v) is 4.80. The molecule has 0 unspecified atom stereocenters. The van der Waals surface area contributed by atoms with E-state index in [0.717, 1.165) is 36.5 Å². The van der Waals surface area contributed by atoms with Gasteiger partial charge >= 0.3 is 6.03 Å². The van der Waals surface area contributed by atoms with Gasteiger partial charge in [-0.2, -0.15) is 0 Å². The Bertz CT molecular complexity index is 800. The number of benzene rings is 2. The molecule has 1 saturated heterocycles. The lowest BCUT2D eigenvalue weighted by Crippen LogP contribution is -2.30. The van der Waals surface area contributed by atoms with Crippen molar-refractivity contribution in [3.8, 4) is 5.75 Å². The van der Waals surface area contributed by atoms with E-state index < -0.39 is 0 Å². The summed E-state index contributed by atoms with van der Waals surface area (Å²) in [5.41, 5.74) is 2.55. The summed E-state index contributed by atoms with van der Waals surface area (Å²) in [5, 5.41) is 8.55. The fourth-order valence-electron chi connectivity index (χ4n) is 3.06. The summed E-state index contributed by atoms with van der Waals surface area (Å²) >= 11 is 0. The summed E-state index contributed by atoms with van der Waals surface area (Å²) < 4.78 is 10.4. The van der Waals surface area contributed by atoms with Gasteiger partial charge in [0.1, 0.15) is 5.75 Å². The molecule has 3 amide bonds. The van der Waals surface area contributed by atoms with E-state index in [2.05, 4.69) is 16.0 Å². The van der Waals surface area contributed by atoms with Crippen molar-refractivity contribution >= 4 is 17.6 Å². The molecule has 1 aliphatic rings. The number of urea groups is 1. The monoisotopic (exact) mass is 397 g/mol. The van der Waals surface area contributed by atoms with Gasteiger partial charge in [-0.3, -0.25) is 4.79 Å². The quantitative estimate of drug-likeness (QED) is 0.639. The van der Waals surface area contributed by atoms with Crippen LogP contribution in [-0.4, -0.2) is 38.8 Å². The number of anilines is 1. The third kappa shape index (κ3) is 6.80. The van der Waals surface area contributed by atoms with Crippen molar-refractivity contribution in [3.63, 3.8) is 0 Å². The van der Waals surface area contributed by atoms with E-state index in [-0.39, 0.29) is 11.9 Å². The largest absolute Gasteiger partial charge is 0.497 e. The molecule has 7 heteroatoms. The van der Waals surface area contributed by atoms with Crippen molar-refractivity contribution in [2.45, 2.75) is 19.4 Å². The fourth-order valence-corrected chi connectivity index (χ4v) is 3.06. The van der Waals surface area contributed by atoms with Crippen molar-refractivity contribution < 1.29 is 19.1 Å². The summed E-state index contributed by atoms with van der Waals surface area (Å²) in [6, 6.07) is 14.5.